The molecule has 0 radical (unpaired) electrons. The van der Waals surface area contributed by atoms with Crippen LogP contribution in [0.5, 0.6) is 0 Å². The highest BCUT2D eigenvalue weighted by Gasteiger charge is 2.52. The lowest BCUT2D eigenvalue weighted by Gasteiger charge is -2.37. The third-order valence-electron chi connectivity index (χ3n) is 3.85. The van der Waals surface area contributed by atoms with Crippen molar-refractivity contribution in [1.82, 2.24) is 10.6 Å². The molecule has 20 heavy (non-hydrogen) atoms. The van der Waals surface area contributed by atoms with Crippen molar-refractivity contribution in [2.24, 2.45) is 11.3 Å². The summed E-state index contributed by atoms with van der Waals surface area (Å²) >= 11 is 0. The van der Waals surface area contributed by atoms with E-state index in [-0.39, 0.29) is 12.3 Å². The van der Waals surface area contributed by atoms with Crippen molar-refractivity contribution in [1.29, 1.82) is 0 Å². The van der Waals surface area contributed by atoms with Crippen molar-refractivity contribution in [3.8, 4) is 0 Å². The van der Waals surface area contributed by atoms with E-state index >= 15 is 0 Å². The molecule has 1 aliphatic heterocycles. The molecule has 0 unspecified atom stereocenters. The average Bonchev–Trinajstić information content (AvgIpc) is 2.35. The van der Waals surface area contributed by atoms with Gasteiger partial charge in [0, 0.05) is 0 Å². The molecule has 1 aliphatic rings. The molecule has 0 bridgehead atoms. The number of hydrogen-bond acceptors (Lipinski definition) is 3. The molecular formula is C15H18N2O3. The second-order valence-electron chi connectivity index (χ2n) is 5.53. The summed E-state index contributed by atoms with van der Waals surface area (Å²) in [5.41, 5.74) is 0.757. The van der Waals surface area contributed by atoms with Crippen LogP contribution in [0.2, 0.25) is 0 Å². The second kappa shape index (κ2) is 5.07. The summed E-state index contributed by atoms with van der Waals surface area (Å²) in [5, 5.41) is 4.41. The summed E-state index contributed by atoms with van der Waals surface area (Å²) in [6.07, 6.45) is 0.274. The van der Waals surface area contributed by atoms with Crippen LogP contribution in [0.15, 0.2) is 24.3 Å². The maximum Gasteiger partial charge on any atom is 0.328 e. The number of hydrogen-bond donors (Lipinski definition) is 2. The fraction of sp³-hybridized carbons (Fsp3) is 0.400. The van der Waals surface area contributed by atoms with Gasteiger partial charge in [0.2, 0.25) is 11.8 Å². The molecule has 0 saturated carbocycles. The smallest absolute Gasteiger partial charge is 0.277 e. The quantitative estimate of drug-likeness (QED) is 0.821. The van der Waals surface area contributed by atoms with Gasteiger partial charge in [0.25, 0.3) is 0 Å². The largest absolute Gasteiger partial charge is 0.328 e. The lowest BCUT2D eigenvalue weighted by molar-refractivity contribution is -0.147. The molecule has 0 atom stereocenters. The summed E-state index contributed by atoms with van der Waals surface area (Å²) in [6, 6.07) is 6.92. The van der Waals surface area contributed by atoms with Crippen LogP contribution in [0.1, 0.15) is 25.0 Å². The minimum Gasteiger partial charge on any atom is -0.277 e. The molecule has 0 aliphatic carbocycles. The Labute approximate surface area is 117 Å². The van der Waals surface area contributed by atoms with Crippen molar-refractivity contribution in [3.05, 3.63) is 35.4 Å². The van der Waals surface area contributed by atoms with E-state index in [1.807, 2.05) is 45.0 Å². The van der Waals surface area contributed by atoms with Crippen LogP contribution in [-0.4, -0.2) is 17.8 Å². The Balaban J connectivity index is 2.39. The van der Waals surface area contributed by atoms with Gasteiger partial charge in [-0.3, -0.25) is 20.2 Å². The van der Waals surface area contributed by atoms with Gasteiger partial charge in [0.15, 0.2) is 0 Å². The average molecular weight is 274 g/mol. The van der Waals surface area contributed by atoms with Gasteiger partial charge in [-0.2, -0.15) is 0 Å². The second-order valence-corrected chi connectivity index (χ2v) is 5.53. The standard InChI is InChI=1S/C15H18N2O3/c1-9(2)15(8-11-6-4-10(3)5-7-11)12(18)16-14(20)17-13(15)19/h4-7,9H,8H2,1-3H3,(H2,16,17,18,19,20). The van der Waals surface area contributed by atoms with Gasteiger partial charge in [0.05, 0.1) is 0 Å². The fourth-order valence-corrected chi connectivity index (χ4v) is 2.48. The molecule has 1 aromatic carbocycles. The molecule has 1 aromatic rings. The van der Waals surface area contributed by atoms with Gasteiger partial charge < -0.3 is 0 Å². The van der Waals surface area contributed by atoms with Crippen LogP contribution in [0.25, 0.3) is 0 Å². The van der Waals surface area contributed by atoms with Gasteiger partial charge >= 0.3 is 6.03 Å². The van der Waals surface area contributed by atoms with E-state index in [1.165, 1.54) is 0 Å². The Morgan fingerprint density at radius 1 is 1.00 bits per heavy atom. The van der Waals surface area contributed by atoms with E-state index in [4.69, 9.17) is 0 Å². The van der Waals surface area contributed by atoms with Crippen LogP contribution in [0.4, 0.5) is 4.79 Å². The first-order chi connectivity index (χ1) is 9.36. The van der Waals surface area contributed by atoms with E-state index in [2.05, 4.69) is 10.6 Å². The minimum atomic E-state index is -1.25. The first kappa shape index (κ1) is 14.2. The Bertz CT molecular complexity index is 541. The number of nitrogens with one attached hydrogen (secondary N) is 2. The molecule has 5 nitrogen and oxygen atoms in total. The Morgan fingerprint density at radius 3 is 1.95 bits per heavy atom. The van der Waals surface area contributed by atoms with Gasteiger partial charge in [-0.05, 0) is 24.8 Å². The zero-order valence-electron chi connectivity index (χ0n) is 11.8. The van der Waals surface area contributed by atoms with E-state index in [1.54, 1.807) is 0 Å². The van der Waals surface area contributed by atoms with Crippen LogP contribution in [-0.2, 0) is 16.0 Å². The predicted octanol–water partition coefficient (Wildman–Crippen LogP) is 1.55. The molecule has 0 aromatic heterocycles. The van der Waals surface area contributed by atoms with Crippen molar-refractivity contribution < 1.29 is 14.4 Å². The number of carbonyl (C=O) groups is 3. The number of amides is 4. The monoisotopic (exact) mass is 274 g/mol. The van der Waals surface area contributed by atoms with E-state index in [0.29, 0.717) is 0 Å². The third kappa shape index (κ3) is 2.31. The minimum absolute atomic E-state index is 0.225. The Kier molecular flexibility index (Phi) is 3.61. The van der Waals surface area contributed by atoms with Gasteiger partial charge in [0.1, 0.15) is 5.41 Å². The lowest BCUT2D eigenvalue weighted by Crippen LogP contribution is -2.65. The van der Waals surface area contributed by atoms with Crippen LogP contribution in [0.3, 0.4) is 0 Å². The van der Waals surface area contributed by atoms with Crippen LogP contribution >= 0.6 is 0 Å². The zero-order valence-corrected chi connectivity index (χ0v) is 11.8. The molecule has 4 amide bonds. The van der Waals surface area contributed by atoms with E-state index in [9.17, 15) is 14.4 Å². The lowest BCUT2D eigenvalue weighted by atomic mass is 9.70. The number of rotatable bonds is 3. The summed E-state index contributed by atoms with van der Waals surface area (Å²) in [4.78, 5) is 35.7. The zero-order chi connectivity index (χ0) is 14.9. The molecule has 1 saturated heterocycles. The number of aryl methyl sites for hydroxylation is 1. The number of benzene rings is 1. The molecule has 0 spiro atoms. The topological polar surface area (TPSA) is 75.3 Å². The predicted molar refractivity (Wildman–Crippen MR) is 73.8 cm³/mol. The first-order valence-electron chi connectivity index (χ1n) is 6.58. The van der Waals surface area contributed by atoms with E-state index < -0.39 is 23.3 Å². The van der Waals surface area contributed by atoms with Crippen molar-refractivity contribution >= 4 is 17.8 Å². The highest BCUT2D eigenvalue weighted by Crippen LogP contribution is 2.34. The van der Waals surface area contributed by atoms with Gasteiger partial charge in [-0.1, -0.05) is 43.7 Å². The Hall–Kier alpha value is -2.17. The summed E-state index contributed by atoms with van der Waals surface area (Å²) in [6.45, 7) is 5.59. The van der Waals surface area contributed by atoms with Crippen molar-refractivity contribution in [2.45, 2.75) is 27.2 Å². The number of carbonyl (C=O) groups excluding carboxylic acids is 3. The molecule has 106 valence electrons. The normalized spacial score (nSPS) is 17.9. The van der Waals surface area contributed by atoms with Crippen molar-refractivity contribution in [2.75, 3.05) is 0 Å². The first-order valence-corrected chi connectivity index (χ1v) is 6.58. The van der Waals surface area contributed by atoms with Gasteiger partial charge in [-0.25, -0.2) is 4.79 Å². The number of barbiturate groups is 1. The number of urea groups is 1. The third-order valence-corrected chi connectivity index (χ3v) is 3.85. The SMILES string of the molecule is Cc1ccc(CC2(C(C)C)C(=O)NC(=O)NC2=O)cc1. The fourth-order valence-electron chi connectivity index (χ4n) is 2.48. The summed E-state index contributed by atoms with van der Waals surface area (Å²) in [7, 11) is 0. The van der Waals surface area contributed by atoms with Crippen molar-refractivity contribution in [3.63, 3.8) is 0 Å². The maximum atomic E-state index is 12.3. The summed E-state index contributed by atoms with van der Waals surface area (Å²) < 4.78 is 0. The van der Waals surface area contributed by atoms with Gasteiger partial charge in [-0.15, -0.1) is 0 Å². The highest BCUT2D eigenvalue weighted by molar-refractivity contribution is 6.19. The molecular weight excluding hydrogens is 256 g/mol. The maximum absolute atomic E-state index is 12.3. The Morgan fingerprint density at radius 2 is 1.50 bits per heavy atom. The molecule has 2 rings (SSSR count). The molecule has 1 heterocycles. The summed E-state index contributed by atoms with van der Waals surface area (Å²) in [5.74, 6) is -1.28. The highest BCUT2D eigenvalue weighted by atomic mass is 16.2. The van der Waals surface area contributed by atoms with Crippen LogP contribution in [0, 0.1) is 18.3 Å². The number of imide groups is 2. The molecule has 2 N–H and O–H groups in total. The molecule has 5 heteroatoms. The van der Waals surface area contributed by atoms with Crippen LogP contribution < -0.4 is 10.6 Å². The molecule has 1 fully saturated rings. The van der Waals surface area contributed by atoms with E-state index in [0.717, 1.165) is 11.1 Å².